The Labute approximate surface area is 214 Å². The molecule has 4 heterocycles. The maximum absolute atomic E-state index is 14.5. The molecule has 3 aliphatic heterocycles. The number of fused-ring (bicyclic) bond motifs is 5. The minimum absolute atomic E-state index is 0.0522. The third-order valence-corrected chi connectivity index (χ3v) is 9.25. The molecule has 6 nitrogen and oxygen atoms in total. The van der Waals surface area contributed by atoms with Gasteiger partial charge in [0.1, 0.15) is 5.54 Å². The number of thioether (sulfide) groups is 1. The van der Waals surface area contributed by atoms with E-state index in [1.807, 2.05) is 72.4 Å². The molecule has 35 heavy (non-hydrogen) atoms. The molecule has 7 rings (SSSR count). The lowest BCUT2D eigenvalue weighted by molar-refractivity contribution is -0.127. The van der Waals surface area contributed by atoms with E-state index in [2.05, 4.69) is 48.2 Å². The van der Waals surface area contributed by atoms with Gasteiger partial charge in [0.25, 0.3) is 0 Å². The fourth-order valence-corrected chi connectivity index (χ4v) is 7.90. The second kappa shape index (κ2) is 7.78. The number of aromatic nitrogens is 2. The van der Waals surface area contributed by atoms with Gasteiger partial charge < -0.3 is 10.3 Å². The number of carbonyl (C=O) groups is 2. The number of nitrogens with zero attached hydrogens (tertiary/aromatic N) is 2. The Kier molecular flexibility index (Phi) is 4.75. The van der Waals surface area contributed by atoms with Gasteiger partial charge in [-0.2, -0.15) is 0 Å². The van der Waals surface area contributed by atoms with Crippen molar-refractivity contribution in [1.82, 2.24) is 14.9 Å². The normalized spacial score (nSPS) is 27.3. The Morgan fingerprint density at radius 3 is 2.66 bits per heavy atom. The Morgan fingerprint density at radius 2 is 1.83 bits per heavy atom. The molecule has 2 saturated heterocycles. The van der Waals surface area contributed by atoms with Crippen LogP contribution in [-0.2, 0) is 10.3 Å². The van der Waals surface area contributed by atoms with E-state index in [0.717, 1.165) is 38.1 Å². The molecule has 0 radical (unpaired) electrons. The molecular formula is C27H21BrN4O2S. The highest BCUT2D eigenvalue weighted by Gasteiger charge is 2.69. The van der Waals surface area contributed by atoms with Gasteiger partial charge in [0.05, 0.1) is 17.0 Å². The number of carbonyl (C=O) groups excluding carboxylic acids is 2. The topological polar surface area (TPSA) is 78.1 Å². The van der Waals surface area contributed by atoms with Crippen molar-refractivity contribution < 1.29 is 9.59 Å². The number of imidazole rings is 1. The van der Waals surface area contributed by atoms with Crippen molar-refractivity contribution in [2.24, 2.45) is 5.92 Å². The number of aromatic amines is 1. The minimum Gasteiger partial charge on any atom is -0.335 e. The number of hydrogen-bond donors (Lipinski definition) is 2. The summed E-state index contributed by atoms with van der Waals surface area (Å²) in [5.74, 6) is 0.837. The first-order valence-electron chi connectivity index (χ1n) is 11.6. The molecule has 8 heteroatoms. The number of benzene rings is 3. The second-order valence-corrected chi connectivity index (χ2v) is 11.2. The van der Waals surface area contributed by atoms with Crippen LogP contribution in [0.15, 0.2) is 77.3 Å². The van der Waals surface area contributed by atoms with Crippen molar-refractivity contribution >= 4 is 56.1 Å². The van der Waals surface area contributed by atoms with Gasteiger partial charge in [-0.15, -0.1) is 11.8 Å². The van der Waals surface area contributed by atoms with Gasteiger partial charge in [-0.1, -0.05) is 58.4 Å². The first-order chi connectivity index (χ1) is 17.1. The Bertz CT molecular complexity index is 1470. The van der Waals surface area contributed by atoms with Crippen LogP contribution in [0.3, 0.4) is 0 Å². The molecule has 0 aliphatic carbocycles. The monoisotopic (exact) mass is 544 g/mol. The number of Topliss-reactive ketones (excluding diaryl/α,β-unsaturated/α-hetero) is 1. The molecule has 2 fully saturated rings. The molecule has 4 aromatic rings. The maximum atomic E-state index is 14.5. The SMILES string of the molecule is O=C(c1nc2ccccc2[nH]1)C1C(c2ccc(Br)cc2)C2CSCN2[C@@]12C(=O)Nc1ccccc12. The third kappa shape index (κ3) is 2.90. The zero-order chi connectivity index (χ0) is 23.7. The average molecular weight is 545 g/mol. The minimum atomic E-state index is -1.08. The van der Waals surface area contributed by atoms with E-state index in [1.54, 1.807) is 0 Å². The highest BCUT2D eigenvalue weighted by Crippen LogP contribution is 2.61. The van der Waals surface area contributed by atoms with E-state index in [4.69, 9.17) is 0 Å². The summed E-state index contributed by atoms with van der Waals surface area (Å²) in [6.07, 6.45) is 0. The summed E-state index contributed by atoms with van der Waals surface area (Å²) in [5, 5.41) is 3.11. The average Bonchev–Trinajstić information content (AvgIpc) is 3.62. The van der Waals surface area contributed by atoms with Gasteiger partial charge in [0, 0.05) is 39.3 Å². The zero-order valence-corrected chi connectivity index (χ0v) is 21.0. The van der Waals surface area contributed by atoms with Crippen molar-refractivity contribution in [2.45, 2.75) is 17.5 Å². The highest BCUT2D eigenvalue weighted by molar-refractivity contribution is 9.10. The predicted molar refractivity (Wildman–Crippen MR) is 140 cm³/mol. The van der Waals surface area contributed by atoms with E-state index in [9.17, 15) is 9.59 Å². The quantitative estimate of drug-likeness (QED) is 0.349. The standard InChI is InChI=1S/C27H21BrN4O2S/c28-16-11-9-15(10-12-16)22-21-13-35-14-32(21)27(17-5-1-2-6-18(17)31-26(27)34)23(22)24(33)25-29-19-7-3-4-8-20(19)30-25/h1-12,21-23H,13-14H2,(H,29,30)(H,31,34)/t21?,22?,23?,27-/m1/s1. The molecule has 1 spiro atoms. The fraction of sp³-hybridized carbons (Fsp3) is 0.222. The molecule has 1 aromatic heterocycles. The molecule has 3 aromatic carbocycles. The lowest BCUT2D eigenvalue weighted by atomic mass is 9.70. The van der Waals surface area contributed by atoms with Gasteiger partial charge in [-0.3, -0.25) is 14.5 Å². The van der Waals surface area contributed by atoms with Gasteiger partial charge in [-0.05, 0) is 35.9 Å². The van der Waals surface area contributed by atoms with Crippen molar-refractivity contribution in [1.29, 1.82) is 0 Å². The maximum Gasteiger partial charge on any atom is 0.250 e. The van der Waals surface area contributed by atoms with Crippen LogP contribution < -0.4 is 5.32 Å². The number of para-hydroxylation sites is 3. The third-order valence-electron chi connectivity index (χ3n) is 7.69. The van der Waals surface area contributed by atoms with E-state index < -0.39 is 11.5 Å². The zero-order valence-electron chi connectivity index (χ0n) is 18.6. The number of halogens is 1. The van der Waals surface area contributed by atoms with Crippen LogP contribution in [0.2, 0.25) is 0 Å². The molecule has 174 valence electrons. The molecule has 3 aliphatic rings. The van der Waals surface area contributed by atoms with Gasteiger partial charge in [0.2, 0.25) is 11.7 Å². The largest absolute Gasteiger partial charge is 0.335 e. The Morgan fingerprint density at radius 1 is 1.06 bits per heavy atom. The number of ketones is 1. The number of rotatable bonds is 3. The van der Waals surface area contributed by atoms with Crippen LogP contribution >= 0.6 is 27.7 Å². The molecule has 0 saturated carbocycles. The number of nitrogens with one attached hydrogen (secondary N) is 2. The van der Waals surface area contributed by atoms with Gasteiger partial charge >= 0.3 is 0 Å². The fourth-order valence-electron chi connectivity index (χ4n) is 6.31. The lowest BCUT2D eigenvalue weighted by Crippen LogP contribution is -2.52. The van der Waals surface area contributed by atoms with E-state index >= 15 is 0 Å². The second-order valence-electron chi connectivity index (χ2n) is 9.32. The van der Waals surface area contributed by atoms with E-state index in [-0.39, 0.29) is 23.7 Å². The van der Waals surface area contributed by atoms with Crippen molar-refractivity contribution in [3.63, 3.8) is 0 Å². The first kappa shape index (κ1) is 21.4. The van der Waals surface area contributed by atoms with Crippen LogP contribution in [0.25, 0.3) is 11.0 Å². The molecular weight excluding hydrogens is 524 g/mol. The summed E-state index contributed by atoms with van der Waals surface area (Å²) < 4.78 is 0.982. The molecule has 4 atom stereocenters. The van der Waals surface area contributed by atoms with Gasteiger partial charge in [0.15, 0.2) is 5.82 Å². The number of anilines is 1. The highest BCUT2D eigenvalue weighted by atomic mass is 79.9. The van der Waals surface area contributed by atoms with Crippen LogP contribution in [0.1, 0.15) is 27.7 Å². The first-order valence-corrected chi connectivity index (χ1v) is 13.5. The summed E-state index contributed by atoms with van der Waals surface area (Å²) in [6.45, 7) is 0. The van der Waals surface area contributed by atoms with Crippen molar-refractivity contribution in [2.75, 3.05) is 16.9 Å². The van der Waals surface area contributed by atoms with Gasteiger partial charge in [-0.25, -0.2) is 4.98 Å². The number of hydrogen-bond acceptors (Lipinski definition) is 5. The van der Waals surface area contributed by atoms with E-state index in [0.29, 0.717) is 11.7 Å². The summed E-state index contributed by atoms with van der Waals surface area (Å²) in [4.78, 5) is 38.7. The van der Waals surface area contributed by atoms with Crippen LogP contribution in [0.5, 0.6) is 0 Å². The number of H-pyrrole nitrogens is 1. The van der Waals surface area contributed by atoms with E-state index in [1.165, 1.54) is 0 Å². The van der Waals surface area contributed by atoms with Crippen LogP contribution in [0.4, 0.5) is 5.69 Å². The predicted octanol–water partition coefficient (Wildman–Crippen LogP) is 5.14. The van der Waals surface area contributed by atoms with Crippen LogP contribution in [-0.4, -0.2) is 44.2 Å². The Balaban J connectivity index is 1.48. The smallest absolute Gasteiger partial charge is 0.250 e. The number of amides is 1. The Hall–Kier alpha value is -2.94. The summed E-state index contributed by atoms with van der Waals surface area (Å²) in [5.41, 5.74) is 3.21. The summed E-state index contributed by atoms with van der Waals surface area (Å²) in [6, 6.07) is 23.7. The molecule has 1 amide bonds. The summed E-state index contributed by atoms with van der Waals surface area (Å²) in [7, 11) is 0. The molecule has 3 unspecified atom stereocenters. The lowest BCUT2D eigenvalue weighted by Gasteiger charge is -2.36. The molecule has 0 bridgehead atoms. The summed E-state index contributed by atoms with van der Waals surface area (Å²) >= 11 is 5.36. The van der Waals surface area contributed by atoms with Crippen molar-refractivity contribution in [3.8, 4) is 0 Å². The van der Waals surface area contributed by atoms with Crippen molar-refractivity contribution in [3.05, 3.63) is 94.2 Å². The molecule has 2 N–H and O–H groups in total. The van der Waals surface area contributed by atoms with Crippen LogP contribution in [0, 0.1) is 5.92 Å².